The Morgan fingerprint density at radius 1 is 0.968 bits per heavy atom. The quantitative estimate of drug-likeness (QED) is 0.415. The third-order valence-corrected chi connectivity index (χ3v) is 5.19. The first kappa shape index (κ1) is 20.7. The van der Waals surface area contributed by atoms with Crippen molar-refractivity contribution in [2.24, 2.45) is 0 Å². The Morgan fingerprint density at radius 3 is 2.35 bits per heavy atom. The smallest absolute Gasteiger partial charge is 0.298 e. The number of amides is 1. The third kappa shape index (κ3) is 5.96. The number of halogens is 1. The van der Waals surface area contributed by atoms with Gasteiger partial charge in [-0.15, -0.1) is 0 Å². The van der Waals surface area contributed by atoms with Gasteiger partial charge in [0.1, 0.15) is 11.6 Å². The number of aromatic nitrogens is 2. The Bertz CT molecular complexity index is 1160. The SMILES string of the molecule is Cc1ccc(Cc2nsc(Oc3ccc(CC(=O)Nc4ccc(F)cc4)cc3)n2)cc1. The van der Waals surface area contributed by atoms with Crippen LogP contribution in [0.3, 0.4) is 0 Å². The number of carbonyl (C=O) groups excluding carboxylic acids is 1. The summed E-state index contributed by atoms with van der Waals surface area (Å²) < 4.78 is 23.1. The van der Waals surface area contributed by atoms with E-state index in [0.717, 1.165) is 17.0 Å². The van der Waals surface area contributed by atoms with Gasteiger partial charge in [0, 0.05) is 23.6 Å². The summed E-state index contributed by atoms with van der Waals surface area (Å²) in [6.07, 6.45) is 0.861. The van der Waals surface area contributed by atoms with Gasteiger partial charge in [0.05, 0.1) is 6.42 Å². The Morgan fingerprint density at radius 2 is 1.65 bits per heavy atom. The molecule has 4 rings (SSSR count). The zero-order valence-electron chi connectivity index (χ0n) is 16.8. The molecule has 4 aromatic rings. The minimum Gasteiger partial charge on any atom is -0.430 e. The van der Waals surface area contributed by atoms with E-state index < -0.39 is 0 Å². The molecular formula is C24H20FN3O2S. The number of ether oxygens (including phenoxy) is 1. The van der Waals surface area contributed by atoms with Gasteiger partial charge in [0.25, 0.3) is 5.19 Å². The van der Waals surface area contributed by atoms with Crippen molar-refractivity contribution in [3.63, 3.8) is 0 Å². The fourth-order valence-electron chi connectivity index (χ4n) is 2.94. The van der Waals surface area contributed by atoms with E-state index in [1.54, 1.807) is 12.1 Å². The van der Waals surface area contributed by atoms with Crippen molar-refractivity contribution < 1.29 is 13.9 Å². The maximum Gasteiger partial charge on any atom is 0.298 e. The first-order valence-electron chi connectivity index (χ1n) is 9.74. The molecule has 1 heterocycles. The zero-order chi connectivity index (χ0) is 21.6. The summed E-state index contributed by atoms with van der Waals surface area (Å²) in [5.41, 5.74) is 3.77. The van der Waals surface area contributed by atoms with Crippen LogP contribution in [0.1, 0.15) is 22.5 Å². The topological polar surface area (TPSA) is 64.1 Å². The summed E-state index contributed by atoms with van der Waals surface area (Å²) in [7, 11) is 0. The van der Waals surface area contributed by atoms with E-state index in [0.29, 0.717) is 23.1 Å². The lowest BCUT2D eigenvalue weighted by atomic mass is 10.1. The third-order valence-electron chi connectivity index (χ3n) is 4.55. The van der Waals surface area contributed by atoms with Crippen molar-refractivity contribution in [3.05, 3.63) is 101 Å². The standard InChI is InChI=1S/C24H20FN3O2S/c1-16-2-4-17(5-3-16)14-22-27-24(31-28-22)30-21-12-6-18(7-13-21)15-23(29)26-20-10-8-19(25)9-11-20/h2-13H,14-15H2,1H3,(H,26,29). The molecule has 0 atom stereocenters. The van der Waals surface area contributed by atoms with E-state index in [1.807, 2.05) is 12.1 Å². The van der Waals surface area contributed by atoms with Gasteiger partial charge in [0.2, 0.25) is 5.91 Å². The molecule has 156 valence electrons. The van der Waals surface area contributed by atoms with Crippen LogP contribution in [0.2, 0.25) is 0 Å². The van der Waals surface area contributed by atoms with Crippen LogP contribution in [0.15, 0.2) is 72.8 Å². The Balaban J connectivity index is 1.31. The molecule has 1 amide bonds. The van der Waals surface area contributed by atoms with Gasteiger partial charge in [0.15, 0.2) is 5.82 Å². The highest BCUT2D eigenvalue weighted by Gasteiger charge is 2.09. The van der Waals surface area contributed by atoms with Crippen LogP contribution in [0, 0.1) is 12.7 Å². The number of rotatable bonds is 7. The maximum atomic E-state index is 12.9. The van der Waals surface area contributed by atoms with Crippen LogP contribution in [-0.4, -0.2) is 15.3 Å². The van der Waals surface area contributed by atoms with Crippen molar-refractivity contribution in [3.8, 4) is 10.9 Å². The van der Waals surface area contributed by atoms with Gasteiger partial charge in [-0.2, -0.15) is 9.36 Å². The largest absolute Gasteiger partial charge is 0.430 e. The van der Waals surface area contributed by atoms with Gasteiger partial charge in [-0.25, -0.2) is 4.39 Å². The molecule has 0 unspecified atom stereocenters. The van der Waals surface area contributed by atoms with Gasteiger partial charge >= 0.3 is 0 Å². The Labute approximate surface area is 183 Å². The highest BCUT2D eigenvalue weighted by molar-refractivity contribution is 7.07. The van der Waals surface area contributed by atoms with Gasteiger partial charge in [-0.1, -0.05) is 42.0 Å². The second-order valence-corrected chi connectivity index (χ2v) is 7.83. The minimum atomic E-state index is -0.341. The van der Waals surface area contributed by atoms with Crippen LogP contribution >= 0.6 is 11.5 Å². The van der Waals surface area contributed by atoms with Gasteiger partial charge < -0.3 is 10.1 Å². The Hall–Kier alpha value is -3.58. The molecule has 0 saturated carbocycles. The van der Waals surface area contributed by atoms with E-state index in [2.05, 4.69) is 45.9 Å². The lowest BCUT2D eigenvalue weighted by Crippen LogP contribution is -2.14. The summed E-state index contributed by atoms with van der Waals surface area (Å²) in [4.78, 5) is 16.6. The number of nitrogens with one attached hydrogen (secondary N) is 1. The molecule has 5 nitrogen and oxygen atoms in total. The fourth-order valence-corrected chi connectivity index (χ4v) is 3.51. The molecule has 31 heavy (non-hydrogen) atoms. The highest BCUT2D eigenvalue weighted by Crippen LogP contribution is 2.24. The number of anilines is 1. The van der Waals surface area contributed by atoms with E-state index in [4.69, 9.17) is 4.74 Å². The van der Waals surface area contributed by atoms with Crippen molar-refractivity contribution >= 4 is 23.1 Å². The first-order chi connectivity index (χ1) is 15.0. The van der Waals surface area contributed by atoms with Crippen molar-refractivity contribution in [2.45, 2.75) is 19.8 Å². The molecule has 0 aliphatic heterocycles. The van der Waals surface area contributed by atoms with Gasteiger partial charge in [-0.05, 0) is 54.4 Å². The average Bonchev–Trinajstić information content (AvgIpc) is 3.19. The molecular weight excluding hydrogens is 413 g/mol. The van der Waals surface area contributed by atoms with Gasteiger partial charge in [-0.3, -0.25) is 4.79 Å². The number of hydrogen-bond donors (Lipinski definition) is 1. The van der Waals surface area contributed by atoms with Crippen LogP contribution in [0.5, 0.6) is 10.9 Å². The molecule has 0 fully saturated rings. The normalized spacial score (nSPS) is 10.6. The average molecular weight is 434 g/mol. The zero-order valence-corrected chi connectivity index (χ0v) is 17.7. The monoisotopic (exact) mass is 433 g/mol. The minimum absolute atomic E-state index is 0.176. The van der Waals surface area contributed by atoms with E-state index in [-0.39, 0.29) is 18.1 Å². The molecule has 0 spiro atoms. The molecule has 0 aliphatic rings. The van der Waals surface area contributed by atoms with Crippen molar-refractivity contribution in [1.82, 2.24) is 9.36 Å². The predicted octanol–water partition coefficient (Wildman–Crippen LogP) is 5.55. The number of aryl methyl sites for hydroxylation is 1. The summed E-state index contributed by atoms with van der Waals surface area (Å²) in [6, 6.07) is 21.2. The fraction of sp³-hybridized carbons (Fsp3) is 0.125. The molecule has 7 heteroatoms. The summed E-state index contributed by atoms with van der Waals surface area (Å²) >= 11 is 1.21. The second kappa shape index (κ2) is 9.49. The lowest BCUT2D eigenvalue weighted by Gasteiger charge is -2.06. The molecule has 1 N–H and O–H groups in total. The first-order valence-corrected chi connectivity index (χ1v) is 10.5. The molecule has 0 aliphatic carbocycles. The number of nitrogens with zero attached hydrogens (tertiary/aromatic N) is 2. The van der Waals surface area contributed by atoms with E-state index >= 15 is 0 Å². The molecule has 1 aromatic heterocycles. The molecule has 0 saturated heterocycles. The second-order valence-electron chi connectivity index (χ2n) is 7.12. The van der Waals surface area contributed by atoms with Crippen LogP contribution in [0.4, 0.5) is 10.1 Å². The molecule has 0 bridgehead atoms. The van der Waals surface area contributed by atoms with E-state index in [1.165, 1.54) is 41.4 Å². The summed E-state index contributed by atoms with van der Waals surface area (Å²) in [5.74, 6) is 0.829. The summed E-state index contributed by atoms with van der Waals surface area (Å²) in [5, 5.41) is 3.22. The predicted molar refractivity (Wildman–Crippen MR) is 119 cm³/mol. The number of carbonyl (C=O) groups is 1. The maximum absolute atomic E-state index is 12.9. The van der Waals surface area contributed by atoms with Crippen LogP contribution in [-0.2, 0) is 17.6 Å². The van der Waals surface area contributed by atoms with Crippen LogP contribution in [0.25, 0.3) is 0 Å². The number of benzene rings is 3. The highest BCUT2D eigenvalue weighted by atomic mass is 32.1. The summed E-state index contributed by atoms with van der Waals surface area (Å²) in [6.45, 7) is 2.06. The van der Waals surface area contributed by atoms with Crippen LogP contribution < -0.4 is 10.1 Å². The van der Waals surface area contributed by atoms with Crippen molar-refractivity contribution in [2.75, 3.05) is 5.32 Å². The van der Waals surface area contributed by atoms with E-state index in [9.17, 15) is 9.18 Å². The molecule has 3 aromatic carbocycles. The Kier molecular flexibility index (Phi) is 6.33. The van der Waals surface area contributed by atoms with Crippen molar-refractivity contribution in [1.29, 1.82) is 0 Å². The number of hydrogen-bond acceptors (Lipinski definition) is 5. The lowest BCUT2D eigenvalue weighted by molar-refractivity contribution is -0.115. The molecule has 0 radical (unpaired) electrons.